The number of aromatic hydroxyl groups is 2. The minimum absolute atomic E-state index is 0.0196. The van der Waals surface area contributed by atoms with Crippen LogP contribution in [0.3, 0.4) is 0 Å². The SMILES string of the molecule is N#Cc1c(O)c2c(c(O)c1C#N)C(C(=O)c1ccccc1)C2C(=O)c1ccccc1. The van der Waals surface area contributed by atoms with Gasteiger partial charge in [-0.05, 0) is 0 Å². The molecule has 4 rings (SSSR count). The number of phenols is 2. The molecule has 30 heavy (non-hydrogen) atoms. The maximum Gasteiger partial charge on any atom is 0.171 e. The van der Waals surface area contributed by atoms with Gasteiger partial charge in [-0.3, -0.25) is 9.59 Å². The third-order valence-electron chi connectivity index (χ3n) is 5.38. The predicted molar refractivity (Wildman–Crippen MR) is 106 cm³/mol. The van der Waals surface area contributed by atoms with E-state index in [0.717, 1.165) is 0 Å². The maximum absolute atomic E-state index is 13.3. The second-order valence-electron chi connectivity index (χ2n) is 6.91. The number of carbonyl (C=O) groups excluding carboxylic acids is 2. The lowest BCUT2D eigenvalue weighted by Gasteiger charge is -2.39. The Labute approximate surface area is 171 Å². The molecule has 0 heterocycles. The summed E-state index contributed by atoms with van der Waals surface area (Å²) >= 11 is 0. The van der Waals surface area contributed by atoms with E-state index in [9.17, 15) is 30.3 Å². The van der Waals surface area contributed by atoms with Crippen LogP contribution in [-0.4, -0.2) is 21.8 Å². The lowest BCUT2D eigenvalue weighted by Crippen LogP contribution is -2.37. The fourth-order valence-corrected chi connectivity index (χ4v) is 3.97. The smallest absolute Gasteiger partial charge is 0.171 e. The highest BCUT2D eigenvalue weighted by Crippen LogP contribution is 2.58. The van der Waals surface area contributed by atoms with E-state index in [1.165, 1.54) is 0 Å². The summed E-state index contributed by atoms with van der Waals surface area (Å²) in [5.74, 6) is -4.09. The Kier molecular flexibility index (Phi) is 4.54. The van der Waals surface area contributed by atoms with Crippen molar-refractivity contribution in [3.05, 3.63) is 94.0 Å². The molecule has 0 saturated carbocycles. The first-order valence-corrected chi connectivity index (χ1v) is 9.11. The molecule has 0 radical (unpaired) electrons. The summed E-state index contributed by atoms with van der Waals surface area (Å²) < 4.78 is 0. The van der Waals surface area contributed by atoms with Crippen molar-refractivity contribution < 1.29 is 19.8 Å². The lowest BCUT2D eigenvalue weighted by molar-refractivity contribution is 0.0839. The number of nitrogens with zero attached hydrogens (tertiary/aromatic N) is 2. The Hall–Kier alpha value is -4.42. The summed E-state index contributed by atoms with van der Waals surface area (Å²) in [4.78, 5) is 26.5. The van der Waals surface area contributed by atoms with E-state index in [1.807, 2.05) is 0 Å². The highest BCUT2D eigenvalue weighted by atomic mass is 16.3. The number of hydrogen-bond donors (Lipinski definition) is 2. The van der Waals surface area contributed by atoms with E-state index in [4.69, 9.17) is 0 Å². The number of hydrogen-bond acceptors (Lipinski definition) is 6. The number of ketones is 2. The van der Waals surface area contributed by atoms with Crippen LogP contribution >= 0.6 is 0 Å². The van der Waals surface area contributed by atoms with Crippen LogP contribution in [0.4, 0.5) is 0 Å². The molecular weight excluding hydrogens is 380 g/mol. The van der Waals surface area contributed by atoms with E-state index in [2.05, 4.69) is 0 Å². The highest BCUT2D eigenvalue weighted by molar-refractivity contribution is 6.13. The Bertz CT molecular complexity index is 1170. The Balaban J connectivity index is 1.95. The van der Waals surface area contributed by atoms with Gasteiger partial charge in [0.05, 0.1) is 11.8 Å². The van der Waals surface area contributed by atoms with Gasteiger partial charge in [0, 0.05) is 22.3 Å². The van der Waals surface area contributed by atoms with Gasteiger partial charge >= 0.3 is 0 Å². The van der Waals surface area contributed by atoms with Crippen LogP contribution in [-0.2, 0) is 0 Å². The molecule has 3 aromatic rings. The van der Waals surface area contributed by atoms with Gasteiger partial charge in [-0.15, -0.1) is 0 Å². The monoisotopic (exact) mass is 394 g/mol. The molecule has 1 aliphatic carbocycles. The van der Waals surface area contributed by atoms with Gasteiger partial charge in [0.15, 0.2) is 11.6 Å². The molecule has 6 heteroatoms. The zero-order chi connectivity index (χ0) is 21.4. The average Bonchev–Trinajstić information content (AvgIpc) is 2.76. The van der Waals surface area contributed by atoms with Gasteiger partial charge in [0.1, 0.15) is 34.8 Å². The normalized spacial score (nSPS) is 16.5. The number of fused-ring (bicyclic) bond motifs is 1. The second kappa shape index (κ2) is 7.20. The molecule has 0 aliphatic heterocycles. The van der Waals surface area contributed by atoms with Crippen molar-refractivity contribution in [2.24, 2.45) is 0 Å². The van der Waals surface area contributed by atoms with Crippen molar-refractivity contribution in [1.82, 2.24) is 0 Å². The van der Waals surface area contributed by atoms with Crippen LogP contribution in [0.25, 0.3) is 0 Å². The lowest BCUT2D eigenvalue weighted by atomic mass is 9.61. The minimum Gasteiger partial charge on any atom is -0.506 e. The predicted octanol–water partition coefficient (Wildman–Crippen LogP) is 3.79. The van der Waals surface area contributed by atoms with E-state index >= 15 is 0 Å². The zero-order valence-electron chi connectivity index (χ0n) is 15.5. The molecular formula is C24H14N2O4. The van der Waals surface area contributed by atoms with Crippen molar-refractivity contribution in [1.29, 1.82) is 10.5 Å². The standard InChI is InChI=1S/C24H14N2O4/c25-11-15-16(12-26)24(30)20-18(22(28)14-9-5-2-6-10-14)17(19(20)23(15)29)21(27)13-7-3-1-4-8-13/h1-10,17-18,29-30H. The van der Waals surface area contributed by atoms with Gasteiger partial charge in [-0.1, -0.05) is 60.7 Å². The summed E-state index contributed by atoms with van der Waals surface area (Å²) in [7, 11) is 0. The third kappa shape index (κ3) is 2.63. The first-order valence-electron chi connectivity index (χ1n) is 9.11. The summed E-state index contributed by atoms with van der Waals surface area (Å²) in [5, 5.41) is 40.0. The van der Waals surface area contributed by atoms with Gasteiger partial charge in [-0.2, -0.15) is 10.5 Å². The van der Waals surface area contributed by atoms with Crippen molar-refractivity contribution in [2.45, 2.75) is 11.8 Å². The average molecular weight is 394 g/mol. The molecule has 0 bridgehead atoms. The van der Waals surface area contributed by atoms with Crippen LogP contribution < -0.4 is 0 Å². The largest absolute Gasteiger partial charge is 0.506 e. The Morgan fingerprint density at radius 2 is 1.00 bits per heavy atom. The first-order chi connectivity index (χ1) is 14.5. The Morgan fingerprint density at radius 1 is 0.667 bits per heavy atom. The molecule has 0 amide bonds. The molecule has 6 nitrogen and oxygen atoms in total. The topological polar surface area (TPSA) is 122 Å². The van der Waals surface area contributed by atoms with Gasteiger partial charge in [0.2, 0.25) is 0 Å². The summed E-state index contributed by atoms with van der Waals surface area (Å²) in [5.41, 5.74) is -0.116. The van der Waals surface area contributed by atoms with Crippen LogP contribution in [0.5, 0.6) is 11.5 Å². The zero-order valence-corrected chi connectivity index (χ0v) is 15.5. The summed E-state index contributed by atoms with van der Waals surface area (Å²) in [6.07, 6.45) is 0. The van der Waals surface area contributed by atoms with E-state index in [1.54, 1.807) is 72.8 Å². The molecule has 0 aromatic heterocycles. The molecule has 2 unspecified atom stereocenters. The van der Waals surface area contributed by atoms with E-state index < -0.39 is 46.0 Å². The van der Waals surface area contributed by atoms with Crippen molar-refractivity contribution >= 4 is 11.6 Å². The number of phenolic OH excluding ortho intramolecular Hbond substituents is 2. The number of carbonyl (C=O) groups is 2. The number of benzene rings is 3. The van der Waals surface area contributed by atoms with Crippen molar-refractivity contribution in [3.63, 3.8) is 0 Å². The van der Waals surface area contributed by atoms with Crippen LogP contribution in [0.1, 0.15) is 54.8 Å². The van der Waals surface area contributed by atoms with Crippen LogP contribution in [0.15, 0.2) is 60.7 Å². The highest BCUT2D eigenvalue weighted by Gasteiger charge is 2.52. The number of nitriles is 2. The molecule has 144 valence electrons. The summed E-state index contributed by atoms with van der Waals surface area (Å²) in [6, 6.07) is 20.0. The molecule has 2 atom stereocenters. The fraction of sp³-hybridized carbons (Fsp3) is 0.0833. The molecule has 1 aliphatic rings. The summed E-state index contributed by atoms with van der Waals surface area (Å²) in [6.45, 7) is 0. The quantitative estimate of drug-likeness (QED) is 0.513. The fourth-order valence-electron chi connectivity index (χ4n) is 3.97. The molecule has 0 spiro atoms. The molecule has 0 saturated heterocycles. The minimum atomic E-state index is -1.08. The molecule has 0 fully saturated rings. The molecule has 3 aromatic carbocycles. The molecule has 2 N–H and O–H groups in total. The van der Waals surface area contributed by atoms with Crippen molar-refractivity contribution in [2.75, 3.05) is 0 Å². The van der Waals surface area contributed by atoms with E-state index in [-0.39, 0.29) is 11.1 Å². The number of rotatable bonds is 4. The Morgan fingerprint density at radius 3 is 1.30 bits per heavy atom. The van der Waals surface area contributed by atoms with E-state index in [0.29, 0.717) is 11.1 Å². The second-order valence-corrected chi connectivity index (χ2v) is 6.91. The maximum atomic E-state index is 13.3. The first kappa shape index (κ1) is 18.9. The van der Waals surface area contributed by atoms with Crippen molar-refractivity contribution in [3.8, 4) is 23.6 Å². The van der Waals surface area contributed by atoms with Crippen LogP contribution in [0.2, 0.25) is 0 Å². The van der Waals surface area contributed by atoms with Crippen LogP contribution in [0, 0.1) is 22.7 Å². The van der Waals surface area contributed by atoms with Gasteiger partial charge in [-0.25, -0.2) is 0 Å². The third-order valence-corrected chi connectivity index (χ3v) is 5.38. The number of Topliss-reactive ketones (excluding diaryl/α,β-unsaturated/α-hetero) is 2. The van der Waals surface area contributed by atoms with Gasteiger partial charge in [0.25, 0.3) is 0 Å². The van der Waals surface area contributed by atoms with Gasteiger partial charge < -0.3 is 10.2 Å².